The van der Waals surface area contributed by atoms with Crippen LogP contribution >= 0.6 is 0 Å². The van der Waals surface area contributed by atoms with Gasteiger partial charge in [-0.2, -0.15) is 0 Å². The molecule has 0 amide bonds. The van der Waals surface area contributed by atoms with Gasteiger partial charge in [0, 0.05) is 45.0 Å². The van der Waals surface area contributed by atoms with E-state index in [9.17, 15) is 0 Å². The molecule has 0 N–H and O–H groups in total. The minimum Gasteiger partial charge on any atom is -0.436 e. The Morgan fingerprint density at radius 2 is 1.29 bits per heavy atom. The fraction of sp³-hybridized carbons (Fsp3) is 0.0392. The molecule has 9 aromatic rings. The number of oxazole rings is 1. The van der Waals surface area contributed by atoms with Gasteiger partial charge in [-0.3, -0.25) is 0 Å². The quantitative estimate of drug-likeness (QED) is 0.173. The summed E-state index contributed by atoms with van der Waals surface area (Å²) in [5, 5.41) is 5.88. The molecule has 260 valence electrons. The van der Waals surface area contributed by atoms with E-state index in [1.807, 2.05) is 18.2 Å². The van der Waals surface area contributed by atoms with E-state index in [1.165, 1.54) is 55.0 Å². The molecule has 0 aliphatic heterocycles. The molecule has 0 saturated heterocycles. The van der Waals surface area contributed by atoms with E-state index in [-0.39, 0.29) is 5.92 Å². The van der Waals surface area contributed by atoms with Crippen molar-refractivity contribution in [3.05, 3.63) is 205 Å². The van der Waals surface area contributed by atoms with Gasteiger partial charge >= 0.3 is 0 Å². The maximum absolute atomic E-state index is 6.36. The molecule has 0 saturated carbocycles. The molecule has 0 radical (unpaired) electrons. The molecular formula is C51H35N3O. The van der Waals surface area contributed by atoms with Gasteiger partial charge in [0.25, 0.3) is 0 Å². The summed E-state index contributed by atoms with van der Waals surface area (Å²) < 4.78 is 8.76. The Morgan fingerprint density at radius 1 is 0.582 bits per heavy atom. The van der Waals surface area contributed by atoms with Crippen LogP contribution < -0.4 is 15.7 Å². The van der Waals surface area contributed by atoms with E-state index in [0.29, 0.717) is 5.89 Å². The summed E-state index contributed by atoms with van der Waals surface area (Å²) in [5.41, 5.74) is 12.3. The minimum absolute atomic E-state index is 0.0852. The van der Waals surface area contributed by atoms with Gasteiger partial charge in [0.15, 0.2) is 5.42 Å². The Balaban J connectivity index is 1.08. The van der Waals surface area contributed by atoms with Crippen LogP contribution in [0.4, 0.5) is 11.4 Å². The highest BCUT2D eigenvalue weighted by atomic mass is 16.3. The van der Waals surface area contributed by atoms with Crippen LogP contribution in [0.15, 0.2) is 198 Å². The number of benzene rings is 7. The first-order valence-electron chi connectivity index (χ1n) is 18.9. The fourth-order valence-corrected chi connectivity index (χ4v) is 8.54. The zero-order chi connectivity index (χ0) is 36.3. The molecule has 2 heterocycles. The summed E-state index contributed by atoms with van der Waals surface area (Å²) in [7, 11) is 0. The molecule has 0 spiro atoms. The SMILES string of the molecule is C1=CC2=c3nc(-c4ccccc4)oc3=CCC2C(N(c2ccc(-c3ccc4ccccc4c3)cc2)c2ccc3c4ccccc4n(-c4ccccc4)c3c2)=C1. The molecule has 1 atom stereocenters. The lowest BCUT2D eigenvalue weighted by atomic mass is 9.84. The van der Waals surface area contributed by atoms with Crippen LogP contribution in [0, 0.1) is 5.92 Å². The highest BCUT2D eigenvalue weighted by Gasteiger charge is 2.30. The third-order valence-electron chi connectivity index (χ3n) is 11.2. The summed E-state index contributed by atoms with van der Waals surface area (Å²) in [6.45, 7) is 0. The Labute approximate surface area is 318 Å². The molecule has 2 aliphatic carbocycles. The standard InChI is InChI=1S/C51H35N3O/c1-3-13-36(14-4-1)51-52-50-45-19-11-21-46(44(45)30-31-49(50)55-51)53(40-26-24-35(25-27-40)38-23-22-34-12-7-8-15-37(34)32-38)41-28-29-43-42-18-9-10-20-47(42)54(48(43)33-41)39-16-5-2-6-17-39/h1-29,31-33,44H,30H2. The largest absolute Gasteiger partial charge is 0.436 e. The summed E-state index contributed by atoms with van der Waals surface area (Å²) in [4.78, 5) is 7.53. The number of allylic oxidation sites excluding steroid dienone is 4. The van der Waals surface area contributed by atoms with E-state index < -0.39 is 0 Å². The number of rotatable bonds is 6. The van der Waals surface area contributed by atoms with Gasteiger partial charge < -0.3 is 13.9 Å². The summed E-state index contributed by atoms with van der Waals surface area (Å²) >= 11 is 0. The van der Waals surface area contributed by atoms with Crippen LogP contribution in [-0.4, -0.2) is 9.55 Å². The topological polar surface area (TPSA) is 34.2 Å². The van der Waals surface area contributed by atoms with Crippen LogP contribution in [0.2, 0.25) is 0 Å². The average Bonchev–Trinajstić information content (AvgIpc) is 3.85. The molecule has 0 fully saturated rings. The number of nitrogens with zero attached hydrogens (tertiary/aromatic N) is 3. The lowest BCUT2D eigenvalue weighted by molar-refractivity contribution is 0.534. The molecule has 2 aliphatic rings. The number of hydrogen-bond acceptors (Lipinski definition) is 3. The maximum atomic E-state index is 6.36. The van der Waals surface area contributed by atoms with Crippen molar-refractivity contribution >= 4 is 55.6 Å². The van der Waals surface area contributed by atoms with Crippen molar-refractivity contribution in [2.75, 3.05) is 4.90 Å². The highest BCUT2D eigenvalue weighted by molar-refractivity contribution is 6.10. The number of fused-ring (bicyclic) bond motifs is 6. The van der Waals surface area contributed by atoms with Crippen molar-refractivity contribution in [1.29, 1.82) is 0 Å². The Bertz CT molecular complexity index is 3110. The predicted molar refractivity (Wildman–Crippen MR) is 227 cm³/mol. The van der Waals surface area contributed by atoms with Crippen molar-refractivity contribution in [2.24, 2.45) is 5.92 Å². The van der Waals surface area contributed by atoms with Gasteiger partial charge in [-0.1, -0.05) is 121 Å². The lowest BCUT2D eigenvalue weighted by Crippen LogP contribution is -2.35. The molecular weight excluding hydrogens is 671 g/mol. The Hall–Kier alpha value is -7.17. The number of hydrogen-bond donors (Lipinski definition) is 0. The first-order chi connectivity index (χ1) is 27.3. The monoisotopic (exact) mass is 705 g/mol. The van der Waals surface area contributed by atoms with Crippen molar-refractivity contribution in [3.8, 4) is 28.3 Å². The zero-order valence-electron chi connectivity index (χ0n) is 30.0. The fourth-order valence-electron chi connectivity index (χ4n) is 8.54. The van der Waals surface area contributed by atoms with Gasteiger partial charge in [-0.25, -0.2) is 4.98 Å². The second-order valence-electron chi connectivity index (χ2n) is 14.3. The summed E-state index contributed by atoms with van der Waals surface area (Å²) in [5.74, 6) is 0.738. The molecule has 4 heteroatoms. The second-order valence-corrected chi connectivity index (χ2v) is 14.3. The van der Waals surface area contributed by atoms with Crippen molar-refractivity contribution in [2.45, 2.75) is 6.42 Å². The average molecular weight is 706 g/mol. The van der Waals surface area contributed by atoms with Crippen LogP contribution in [0.25, 0.3) is 72.5 Å². The number of aromatic nitrogens is 2. The van der Waals surface area contributed by atoms with E-state index >= 15 is 0 Å². The van der Waals surface area contributed by atoms with Crippen molar-refractivity contribution in [3.63, 3.8) is 0 Å². The first kappa shape index (κ1) is 31.4. The smallest absolute Gasteiger partial charge is 0.227 e. The maximum Gasteiger partial charge on any atom is 0.227 e. The number of para-hydroxylation sites is 2. The summed E-state index contributed by atoms with van der Waals surface area (Å²) in [6.07, 6.45) is 9.69. The lowest BCUT2D eigenvalue weighted by Gasteiger charge is -2.35. The minimum atomic E-state index is 0.0852. The molecule has 1 unspecified atom stereocenters. The van der Waals surface area contributed by atoms with Crippen molar-refractivity contribution < 1.29 is 4.42 Å². The normalized spacial score (nSPS) is 14.8. The van der Waals surface area contributed by atoms with E-state index in [1.54, 1.807) is 0 Å². The zero-order valence-corrected chi connectivity index (χ0v) is 30.0. The van der Waals surface area contributed by atoms with Crippen molar-refractivity contribution in [1.82, 2.24) is 9.55 Å². The van der Waals surface area contributed by atoms with Gasteiger partial charge in [0.2, 0.25) is 5.89 Å². The highest BCUT2D eigenvalue weighted by Crippen LogP contribution is 2.43. The molecule has 55 heavy (non-hydrogen) atoms. The van der Waals surface area contributed by atoms with Crippen LogP contribution in [0.3, 0.4) is 0 Å². The van der Waals surface area contributed by atoms with E-state index in [0.717, 1.165) is 39.8 Å². The third kappa shape index (κ3) is 5.25. The number of anilines is 2. The van der Waals surface area contributed by atoms with E-state index in [2.05, 4.69) is 185 Å². The first-order valence-corrected chi connectivity index (χ1v) is 18.9. The predicted octanol–water partition coefficient (Wildman–Crippen LogP) is 11.5. The van der Waals surface area contributed by atoms with Gasteiger partial charge in [-0.15, -0.1) is 0 Å². The Morgan fingerprint density at radius 3 is 2.15 bits per heavy atom. The van der Waals surface area contributed by atoms with Gasteiger partial charge in [-0.05, 0) is 107 Å². The van der Waals surface area contributed by atoms with Crippen LogP contribution in [0.1, 0.15) is 6.42 Å². The summed E-state index contributed by atoms with van der Waals surface area (Å²) in [6, 6.07) is 60.8. The molecule has 4 nitrogen and oxygen atoms in total. The van der Waals surface area contributed by atoms with E-state index in [4.69, 9.17) is 9.40 Å². The van der Waals surface area contributed by atoms with Gasteiger partial charge in [0.1, 0.15) is 5.35 Å². The third-order valence-corrected chi connectivity index (χ3v) is 11.2. The van der Waals surface area contributed by atoms with Gasteiger partial charge in [0.05, 0.1) is 11.0 Å². The van der Waals surface area contributed by atoms with Crippen LogP contribution in [-0.2, 0) is 0 Å². The molecule has 7 aromatic carbocycles. The molecule has 2 aromatic heterocycles. The molecule has 11 rings (SSSR count). The second kappa shape index (κ2) is 12.8. The molecule has 0 bridgehead atoms. The Kier molecular flexibility index (Phi) is 7.27. The van der Waals surface area contributed by atoms with Crippen LogP contribution in [0.5, 0.6) is 0 Å².